The minimum atomic E-state index is -0.937. The van der Waals surface area contributed by atoms with E-state index in [1.165, 1.54) is 4.90 Å². The van der Waals surface area contributed by atoms with Gasteiger partial charge in [-0.15, -0.1) is 0 Å². The van der Waals surface area contributed by atoms with Gasteiger partial charge in [-0.1, -0.05) is 75.4 Å². The first-order chi connectivity index (χ1) is 25.1. The van der Waals surface area contributed by atoms with Gasteiger partial charge in [0.05, 0.1) is 25.9 Å². The van der Waals surface area contributed by atoms with E-state index in [2.05, 4.69) is 9.69 Å². The summed E-state index contributed by atoms with van der Waals surface area (Å²) in [6, 6.07) is 25.7. The summed E-state index contributed by atoms with van der Waals surface area (Å²) in [5.74, 6) is 1.15. The molecular formula is C44H49N5O5. The van der Waals surface area contributed by atoms with E-state index in [0.29, 0.717) is 42.4 Å². The van der Waals surface area contributed by atoms with Crippen molar-refractivity contribution in [3.63, 3.8) is 0 Å². The number of benzene rings is 4. The number of hydrogen-bond donors (Lipinski definition) is 0. The lowest BCUT2D eigenvalue weighted by Crippen LogP contribution is -2.43. The van der Waals surface area contributed by atoms with E-state index in [0.717, 1.165) is 33.6 Å². The monoisotopic (exact) mass is 727 g/mol. The van der Waals surface area contributed by atoms with Gasteiger partial charge in [0.25, 0.3) is 11.8 Å². The summed E-state index contributed by atoms with van der Waals surface area (Å²) in [5, 5.41) is 0. The van der Waals surface area contributed by atoms with Crippen LogP contribution in [0.4, 0.5) is 21.9 Å². The van der Waals surface area contributed by atoms with Gasteiger partial charge in [-0.3, -0.25) is 9.59 Å². The number of rotatable bonds is 8. The number of amides is 4. The number of hydrogen-bond acceptors (Lipinski definition) is 5. The normalized spacial score (nSPS) is 16.9. The minimum Gasteiger partial charge on any atom is -0.497 e. The van der Waals surface area contributed by atoms with Crippen LogP contribution in [0.1, 0.15) is 62.9 Å². The molecule has 10 nitrogen and oxygen atoms in total. The number of urea groups is 1. The quantitative estimate of drug-likeness (QED) is 0.133. The van der Waals surface area contributed by atoms with Crippen LogP contribution in [0, 0.1) is 39.3 Å². The molecule has 2 fully saturated rings. The van der Waals surface area contributed by atoms with Crippen LogP contribution in [0.3, 0.4) is 0 Å². The van der Waals surface area contributed by atoms with E-state index in [4.69, 9.17) is 22.6 Å². The maximum Gasteiger partial charge on any atom is 0.332 e. The van der Waals surface area contributed by atoms with E-state index >= 15 is 0 Å². The highest BCUT2D eigenvalue weighted by molar-refractivity contribution is 6.23. The summed E-state index contributed by atoms with van der Waals surface area (Å²) in [7, 11) is 1.63. The van der Waals surface area contributed by atoms with Crippen LogP contribution < -0.4 is 14.4 Å². The molecule has 2 aliphatic rings. The lowest BCUT2D eigenvalue weighted by molar-refractivity contribution is -0.135. The van der Waals surface area contributed by atoms with Crippen molar-refractivity contribution in [3.05, 3.63) is 136 Å². The van der Waals surface area contributed by atoms with Crippen molar-refractivity contribution in [2.45, 2.75) is 80.6 Å². The zero-order chi connectivity index (χ0) is 38.7. The Bertz CT molecular complexity index is 2130. The molecule has 0 saturated carbocycles. The van der Waals surface area contributed by atoms with Crippen LogP contribution in [-0.2, 0) is 22.7 Å². The van der Waals surface area contributed by atoms with Crippen molar-refractivity contribution in [1.82, 2.24) is 9.80 Å². The highest BCUT2D eigenvalue weighted by Crippen LogP contribution is 2.37. The lowest BCUT2D eigenvalue weighted by Gasteiger charge is -2.27. The van der Waals surface area contributed by atoms with Gasteiger partial charge < -0.3 is 19.3 Å². The van der Waals surface area contributed by atoms with Crippen molar-refractivity contribution in [2.24, 2.45) is 5.41 Å². The molecule has 10 heteroatoms. The Morgan fingerprint density at radius 3 is 1.94 bits per heavy atom. The molecule has 0 aliphatic carbocycles. The summed E-state index contributed by atoms with van der Waals surface area (Å²) in [4.78, 5) is 50.6. The second-order valence-electron chi connectivity index (χ2n) is 14.7. The Labute approximate surface area is 319 Å². The summed E-state index contributed by atoms with van der Waals surface area (Å²) in [5.41, 5.74) is 5.12. The van der Waals surface area contributed by atoms with Crippen molar-refractivity contribution in [1.29, 1.82) is 0 Å². The summed E-state index contributed by atoms with van der Waals surface area (Å²) >= 11 is 0. The largest absolute Gasteiger partial charge is 0.497 e. The van der Waals surface area contributed by atoms with Crippen LogP contribution >= 0.6 is 0 Å². The summed E-state index contributed by atoms with van der Waals surface area (Å²) in [6.45, 7) is 29.1. The second-order valence-corrected chi connectivity index (χ2v) is 14.7. The average Bonchev–Trinajstić information content (AvgIpc) is 3.43. The molecule has 0 aromatic heterocycles. The van der Waals surface area contributed by atoms with Gasteiger partial charge in [0.2, 0.25) is 0 Å². The van der Waals surface area contributed by atoms with Gasteiger partial charge in [0.1, 0.15) is 17.0 Å². The Hall–Kier alpha value is -6.13. The van der Waals surface area contributed by atoms with Crippen molar-refractivity contribution in [3.8, 4) is 11.5 Å². The van der Waals surface area contributed by atoms with Crippen LogP contribution in [0.2, 0.25) is 0 Å². The average molecular weight is 728 g/mol. The van der Waals surface area contributed by atoms with Gasteiger partial charge in [-0.25, -0.2) is 19.4 Å². The number of imide groups is 1. The minimum absolute atomic E-state index is 0. The molecule has 54 heavy (non-hydrogen) atoms. The molecule has 6 rings (SSSR count). The number of anilines is 1. The van der Waals surface area contributed by atoms with E-state index in [1.54, 1.807) is 63.1 Å². The predicted molar refractivity (Wildman–Crippen MR) is 212 cm³/mol. The Morgan fingerprint density at radius 1 is 0.759 bits per heavy atom. The summed E-state index contributed by atoms with van der Waals surface area (Å²) in [6.07, 6.45) is -0.547. The zero-order valence-corrected chi connectivity index (χ0v) is 31.6. The van der Waals surface area contributed by atoms with Crippen LogP contribution in [-0.4, -0.2) is 52.9 Å². The van der Waals surface area contributed by atoms with Gasteiger partial charge in [0.15, 0.2) is 17.5 Å². The first-order valence-corrected chi connectivity index (χ1v) is 17.4. The van der Waals surface area contributed by atoms with E-state index in [9.17, 15) is 14.4 Å². The molecule has 280 valence electrons. The SMILES string of the molecule is C.[C-]#[N+]c1ccc(N2C(=O)N(Cc3cccc(C)c3)C(C)(C)C2=O)cc1C.[C-]#[N+]c1ccc(O[C@H]2C(=O)N(Cc3ccc(OC)cc3)CC2(C)C)cc1C. The molecule has 4 amide bonds. The molecule has 0 unspecified atom stereocenters. The standard InChI is InChI=1S/C22H24N2O3.C21H21N3O2.CH4/c1-15-12-18(10-11-19(15)23-4)27-20-21(25)24(14-22(20,2)3)13-16-6-8-17(26-5)9-7-16;1-14-7-6-8-16(11-14)13-23-20(26)24(19(25)21(23,3)4)17-9-10-18(22-5)15(2)12-17;/h6-12,20H,13-14H2,1-3,5H3;6-12H,13H2,1-4H3;1H4/t20-;;/m0../s1. The number of carbonyl (C=O) groups is 3. The molecule has 4 aromatic carbocycles. The lowest BCUT2D eigenvalue weighted by atomic mass is 9.89. The molecule has 0 bridgehead atoms. The van der Waals surface area contributed by atoms with Gasteiger partial charge in [-0.2, -0.15) is 0 Å². The molecule has 2 saturated heterocycles. The third-order valence-corrected chi connectivity index (χ3v) is 9.72. The highest BCUT2D eigenvalue weighted by atomic mass is 16.5. The van der Waals surface area contributed by atoms with E-state index in [1.807, 2.05) is 87.2 Å². The number of likely N-dealkylation sites (tertiary alicyclic amines) is 1. The molecule has 0 N–H and O–H groups in total. The van der Waals surface area contributed by atoms with Crippen LogP contribution in [0.25, 0.3) is 9.69 Å². The topological polar surface area (TPSA) is 88.1 Å². The Balaban J connectivity index is 0.000000236. The van der Waals surface area contributed by atoms with E-state index in [-0.39, 0.29) is 30.7 Å². The molecule has 1 atom stereocenters. The number of aryl methyl sites for hydroxylation is 3. The molecule has 4 aromatic rings. The smallest absolute Gasteiger partial charge is 0.332 e. The van der Waals surface area contributed by atoms with Gasteiger partial charge in [-0.05, 0) is 93.3 Å². The van der Waals surface area contributed by atoms with Crippen molar-refractivity contribution in [2.75, 3.05) is 18.6 Å². The van der Waals surface area contributed by atoms with Crippen molar-refractivity contribution >= 4 is 34.9 Å². The zero-order valence-electron chi connectivity index (χ0n) is 31.6. The predicted octanol–water partition coefficient (Wildman–Crippen LogP) is 9.61. The van der Waals surface area contributed by atoms with Crippen LogP contribution in [0.5, 0.6) is 11.5 Å². The fraction of sp³-hybridized carbons (Fsp3) is 0.341. The van der Waals surface area contributed by atoms with Crippen molar-refractivity contribution < 1.29 is 23.9 Å². The third kappa shape index (κ3) is 8.40. The molecule has 2 aliphatic heterocycles. The fourth-order valence-corrected chi connectivity index (χ4v) is 6.64. The fourth-order valence-electron chi connectivity index (χ4n) is 6.64. The van der Waals surface area contributed by atoms with Gasteiger partial charge in [0, 0.05) is 25.0 Å². The number of ether oxygens (including phenoxy) is 2. The molecule has 2 heterocycles. The molecule has 0 spiro atoms. The first-order valence-electron chi connectivity index (χ1n) is 17.4. The number of carbonyl (C=O) groups excluding carboxylic acids is 3. The number of nitrogens with zero attached hydrogens (tertiary/aromatic N) is 5. The molecular weight excluding hydrogens is 679 g/mol. The van der Waals surface area contributed by atoms with E-state index < -0.39 is 11.6 Å². The van der Waals surface area contributed by atoms with Crippen LogP contribution in [0.15, 0.2) is 84.9 Å². The van der Waals surface area contributed by atoms with Gasteiger partial charge >= 0.3 is 6.03 Å². The summed E-state index contributed by atoms with van der Waals surface area (Å²) < 4.78 is 11.3. The Kier molecular flexibility index (Phi) is 12.2. The number of methoxy groups -OCH3 is 1. The molecule has 0 radical (unpaired) electrons. The highest BCUT2D eigenvalue weighted by Gasteiger charge is 2.52. The second kappa shape index (κ2) is 16.3. The maximum atomic E-state index is 13.1. The maximum absolute atomic E-state index is 13.1. The first kappa shape index (κ1) is 40.6. The Morgan fingerprint density at radius 2 is 1.37 bits per heavy atom. The third-order valence-electron chi connectivity index (χ3n) is 9.72.